The Morgan fingerprint density at radius 1 is 1.26 bits per heavy atom. The third-order valence-corrected chi connectivity index (χ3v) is 4.50. The van der Waals surface area contributed by atoms with Gasteiger partial charge >= 0.3 is 5.97 Å². The molecule has 0 radical (unpaired) electrons. The number of benzene rings is 2. The number of ether oxygens (including phenoxy) is 1. The predicted octanol–water partition coefficient (Wildman–Crippen LogP) is 3.74. The zero-order valence-electron chi connectivity index (χ0n) is 12.5. The monoisotopic (exact) mass is 330 g/mol. The molecule has 0 saturated carbocycles. The van der Waals surface area contributed by atoms with Crippen molar-refractivity contribution in [2.24, 2.45) is 0 Å². The highest BCUT2D eigenvalue weighted by atomic mass is 35.5. The third kappa shape index (κ3) is 2.82. The molecular weight excluding hydrogens is 316 g/mol. The maximum absolute atomic E-state index is 12.8. The Morgan fingerprint density at radius 2 is 2.04 bits per heavy atom. The highest BCUT2D eigenvalue weighted by molar-refractivity contribution is 6.32. The number of hydrogen-bond acceptors (Lipinski definition) is 4. The molecule has 0 amide bonds. The van der Waals surface area contributed by atoms with E-state index in [0.29, 0.717) is 29.0 Å². The zero-order valence-corrected chi connectivity index (χ0v) is 13.3. The van der Waals surface area contributed by atoms with E-state index in [1.54, 1.807) is 24.3 Å². The SMILES string of the molecule is COC(=O)c1ccc2c(c1)CCC(c1ccc(O)cc1Cl)C2=O. The number of carbonyl (C=O) groups is 2. The van der Waals surface area contributed by atoms with E-state index >= 15 is 0 Å². The molecule has 0 fully saturated rings. The number of rotatable bonds is 2. The number of Topliss-reactive ketones (excluding diaryl/α,β-unsaturated/α-hetero) is 1. The number of carbonyl (C=O) groups excluding carboxylic acids is 2. The number of ketones is 1. The molecule has 0 heterocycles. The van der Waals surface area contributed by atoms with Gasteiger partial charge in [-0.1, -0.05) is 23.7 Å². The lowest BCUT2D eigenvalue weighted by Crippen LogP contribution is -2.21. The summed E-state index contributed by atoms with van der Waals surface area (Å²) in [7, 11) is 1.33. The van der Waals surface area contributed by atoms with Gasteiger partial charge in [0.1, 0.15) is 5.75 Å². The van der Waals surface area contributed by atoms with E-state index in [-0.39, 0.29) is 17.5 Å². The molecule has 0 aromatic heterocycles. The number of halogens is 1. The fourth-order valence-electron chi connectivity index (χ4n) is 3.00. The molecule has 1 unspecified atom stereocenters. The van der Waals surface area contributed by atoms with E-state index in [1.165, 1.54) is 19.2 Å². The van der Waals surface area contributed by atoms with Crippen LogP contribution >= 0.6 is 11.6 Å². The van der Waals surface area contributed by atoms with E-state index in [4.69, 9.17) is 16.3 Å². The Kier molecular flexibility index (Phi) is 4.09. The summed E-state index contributed by atoms with van der Waals surface area (Å²) in [5.41, 5.74) is 2.62. The van der Waals surface area contributed by atoms with Crippen molar-refractivity contribution in [2.45, 2.75) is 18.8 Å². The normalized spacial score (nSPS) is 16.8. The molecule has 0 bridgehead atoms. The van der Waals surface area contributed by atoms with Gasteiger partial charge in [-0.25, -0.2) is 4.79 Å². The minimum atomic E-state index is -0.413. The Labute approximate surface area is 138 Å². The maximum atomic E-state index is 12.8. The van der Waals surface area contributed by atoms with Crippen molar-refractivity contribution >= 4 is 23.4 Å². The number of phenols is 1. The molecule has 2 aromatic carbocycles. The van der Waals surface area contributed by atoms with Crippen LogP contribution in [-0.4, -0.2) is 24.0 Å². The van der Waals surface area contributed by atoms with Crippen molar-refractivity contribution in [2.75, 3.05) is 7.11 Å². The van der Waals surface area contributed by atoms with Crippen LogP contribution in [-0.2, 0) is 11.2 Å². The summed E-state index contributed by atoms with van der Waals surface area (Å²) in [6.07, 6.45) is 1.29. The first kappa shape index (κ1) is 15.6. The second-order valence-corrected chi connectivity index (χ2v) is 5.93. The molecular formula is C18H15ClO4. The van der Waals surface area contributed by atoms with Crippen molar-refractivity contribution in [3.63, 3.8) is 0 Å². The first-order chi connectivity index (χ1) is 11.0. The van der Waals surface area contributed by atoms with Crippen molar-refractivity contribution in [3.05, 3.63) is 63.7 Å². The lowest BCUT2D eigenvalue weighted by Gasteiger charge is -2.24. The lowest BCUT2D eigenvalue weighted by atomic mass is 9.78. The molecule has 1 aliphatic rings. The summed E-state index contributed by atoms with van der Waals surface area (Å²) in [6.45, 7) is 0. The van der Waals surface area contributed by atoms with Crippen LogP contribution in [0.25, 0.3) is 0 Å². The van der Waals surface area contributed by atoms with E-state index in [9.17, 15) is 14.7 Å². The van der Waals surface area contributed by atoms with Gasteiger partial charge in [0.25, 0.3) is 0 Å². The molecule has 2 aromatic rings. The Balaban J connectivity index is 1.96. The molecule has 118 valence electrons. The summed E-state index contributed by atoms with van der Waals surface area (Å²) in [4.78, 5) is 24.4. The highest BCUT2D eigenvalue weighted by Gasteiger charge is 2.30. The van der Waals surface area contributed by atoms with Crippen LogP contribution in [0, 0.1) is 0 Å². The predicted molar refractivity (Wildman–Crippen MR) is 86.3 cm³/mol. The molecule has 0 aliphatic heterocycles. The van der Waals surface area contributed by atoms with E-state index in [1.807, 2.05) is 0 Å². The van der Waals surface area contributed by atoms with Gasteiger partial charge < -0.3 is 9.84 Å². The van der Waals surface area contributed by atoms with Gasteiger partial charge in [0, 0.05) is 16.5 Å². The molecule has 3 rings (SSSR count). The Hall–Kier alpha value is -2.33. The van der Waals surface area contributed by atoms with Crippen molar-refractivity contribution in [1.82, 2.24) is 0 Å². The highest BCUT2D eigenvalue weighted by Crippen LogP contribution is 2.37. The Bertz CT molecular complexity index is 798. The Morgan fingerprint density at radius 3 is 2.74 bits per heavy atom. The zero-order chi connectivity index (χ0) is 16.6. The van der Waals surface area contributed by atoms with Gasteiger partial charge in [-0.3, -0.25) is 4.79 Å². The number of hydrogen-bond donors (Lipinski definition) is 1. The summed E-state index contributed by atoms with van der Waals surface area (Å²) < 4.78 is 4.71. The largest absolute Gasteiger partial charge is 0.508 e. The van der Waals surface area contributed by atoms with Gasteiger partial charge in [-0.05, 0) is 48.2 Å². The first-order valence-electron chi connectivity index (χ1n) is 7.25. The molecule has 1 aliphatic carbocycles. The molecule has 1 atom stereocenters. The van der Waals surface area contributed by atoms with Crippen molar-refractivity contribution < 1.29 is 19.4 Å². The van der Waals surface area contributed by atoms with Crippen LogP contribution in [0.4, 0.5) is 0 Å². The van der Waals surface area contributed by atoms with Crippen LogP contribution in [0.5, 0.6) is 5.75 Å². The number of aromatic hydroxyl groups is 1. The van der Waals surface area contributed by atoms with Crippen LogP contribution in [0.2, 0.25) is 5.02 Å². The standard InChI is InChI=1S/C18H15ClO4/c1-23-18(22)11-3-5-13-10(8-11)2-6-15(17(13)21)14-7-4-12(20)9-16(14)19/h3-5,7-9,15,20H,2,6H2,1H3. The van der Waals surface area contributed by atoms with Crippen LogP contribution < -0.4 is 0 Å². The summed E-state index contributed by atoms with van der Waals surface area (Å²) in [6, 6.07) is 9.65. The average molecular weight is 331 g/mol. The van der Waals surface area contributed by atoms with Gasteiger partial charge in [-0.15, -0.1) is 0 Å². The summed E-state index contributed by atoms with van der Waals surface area (Å²) >= 11 is 6.17. The first-order valence-corrected chi connectivity index (χ1v) is 7.63. The summed E-state index contributed by atoms with van der Waals surface area (Å²) in [5, 5.41) is 9.84. The molecule has 4 nitrogen and oxygen atoms in total. The summed E-state index contributed by atoms with van der Waals surface area (Å²) in [5.74, 6) is -0.691. The van der Waals surface area contributed by atoms with E-state index < -0.39 is 5.97 Å². The minimum Gasteiger partial charge on any atom is -0.508 e. The number of methoxy groups -OCH3 is 1. The number of esters is 1. The number of phenolic OH excluding ortho intramolecular Hbond substituents is 1. The van der Waals surface area contributed by atoms with Crippen LogP contribution in [0.3, 0.4) is 0 Å². The van der Waals surface area contributed by atoms with E-state index in [2.05, 4.69) is 0 Å². The second-order valence-electron chi connectivity index (χ2n) is 5.52. The van der Waals surface area contributed by atoms with Crippen molar-refractivity contribution in [1.29, 1.82) is 0 Å². The van der Waals surface area contributed by atoms with Gasteiger partial charge in [0.15, 0.2) is 5.78 Å². The minimum absolute atomic E-state index is 0.0183. The van der Waals surface area contributed by atoms with Gasteiger partial charge in [0.05, 0.1) is 12.7 Å². The van der Waals surface area contributed by atoms with Gasteiger partial charge in [0.2, 0.25) is 0 Å². The smallest absolute Gasteiger partial charge is 0.337 e. The number of aryl methyl sites for hydroxylation is 1. The molecule has 1 N–H and O–H groups in total. The maximum Gasteiger partial charge on any atom is 0.337 e. The second kappa shape index (κ2) is 6.05. The van der Waals surface area contributed by atoms with Crippen LogP contribution in [0.15, 0.2) is 36.4 Å². The van der Waals surface area contributed by atoms with E-state index in [0.717, 1.165) is 11.1 Å². The third-order valence-electron chi connectivity index (χ3n) is 4.17. The average Bonchev–Trinajstić information content (AvgIpc) is 2.55. The van der Waals surface area contributed by atoms with Gasteiger partial charge in [-0.2, -0.15) is 0 Å². The molecule has 5 heteroatoms. The lowest BCUT2D eigenvalue weighted by molar-refractivity contribution is 0.0600. The molecule has 23 heavy (non-hydrogen) atoms. The molecule has 0 saturated heterocycles. The van der Waals surface area contributed by atoms with Crippen molar-refractivity contribution in [3.8, 4) is 5.75 Å². The topological polar surface area (TPSA) is 63.6 Å². The van der Waals surface area contributed by atoms with Crippen LogP contribution in [0.1, 0.15) is 44.2 Å². The fraction of sp³-hybridized carbons (Fsp3) is 0.222. The molecule has 0 spiro atoms. The quantitative estimate of drug-likeness (QED) is 0.852. The number of fused-ring (bicyclic) bond motifs is 1. The fourth-order valence-corrected chi connectivity index (χ4v) is 3.31.